The topological polar surface area (TPSA) is 85.4 Å². The van der Waals surface area contributed by atoms with Gasteiger partial charge in [0, 0.05) is 11.6 Å². The fraction of sp³-hybridized carbons (Fsp3) is 0.760. The van der Waals surface area contributed by atoms with E-state index < -0.39 is 17.1 Å². The third-order valence-corrected chi connectivity index (χ3v) is 9.03. The van der Waals surface area contributed by atoms with Crippen molar-refractivity contribution >= 4 is 11.9 Å². The Morgan fingerprint density at radius 2 is 2.16 bits per heavy atom. The quantitative estimate of drug-likeness (QED) is 0.391. The summed E-state index contributed by atoms with van der Waals surface area (Å²) in [4.78, 5) is 24.0. The highest BCUT2D eigenvalue weighted by Crippen LogP contribution is 2.68. The summed E-state index contributed by atoms with van der Waals surface area (Å²) in [6.45, 7) is 9.32. The highest BCUT2D eigenvalue weighted by atomic mass is 16.6. The van der Waals surface area contributed by atoms with E-state index in [0.29, 0.717) is 31.1 Å². The van der Waals surface area contributed by atoms with E-state index >= 15 is 0 Å². The number of rotatable bonds is 6. The second-order valence-electron chi connectivity index (χ2n) is 10.4. The number of hydrogen-bond acceptors (Lipinski definition) is 6. The van der Waals surface area contributed by atoms with Crippen molar-refractivity contribution in [2.75, 3.05) is 19.8 Å². The van der Waals surface area contributed by atoms with E-state index in [-0.39, 0.29) is 29.9 Å². The number of aliphatic hydroxyl groups is 1. The molecular weight excluding hydrogens is 396 g/mol. The monoisotopic (exact) mass is 432 g/mol. The Hall–Kier alpha value is -1.66. The summed E-state index contributed by atoms with van der Waals surface area (Å²) in [5.74, 6) is -0.0966. The number of aliphatic hydroxyl groups excluding tert-OH is 1. The predicted molar refractivity (Wildman–Crippen MR) is 115 cm³/mol. The van der Waals surface area contributed by atoms with E-state index in [9.17, 15) is 14.7 Å². The molecule has 172 valence electrons. The van der Waals surface area contributed by atoms with E-state index in [0.717, 1.165) is 37.7 Å². The lowest BCUT2D eigenvalue weighted by atomic mass is 9.43. The minimum absolute atomic E-state index is 0.0624. The van der Waals surface area contributed by atoms with Crippen LogP contribution in [0.1, 0.15) is 66.2 Å². The van der Waals surface area contributed by atoms with Gasteiger partial charge in [-0.1, -0.05) is 26.3 Å². The molecule has 0 amide bonds. The second kappa shape index (κ2) is 8.04. The normalized spacial score (nSPS) is 42.1. The van der Waals surface area contributed by atoms with E-state index in [2.05, 4.69) is 13.8 Å². The highest BCUT2D eigenvalue weighted by Gasteiger charge is 2.73. The molecule has 2 heterocycles. The molecule has 4 aliphatic rings. The molecule has 6 unspecified atom stereocenters. The van der Waals surface area contributed by atoms with Crippen molar-refractivity contribution in [2.24, 2.45) is 22.7 Å². The summed E-state index contributed by atoms with van der Waals surface area (Å²) in [5.41, 5.74) is 0.568. The number of hydrogen-bond donors (Lipinski definition) is 1. The number of carbonyl (C=O) groups is 2. The van der Waals surface area contributed by atoms with Gasteiger partial charge in [0.25, 0.3) is 0 Å². The molecule has 6 nitrogen and oxygen atoms in total. The maximum Gasteiger partial charge on any atom is 0.333 e. The van der Waals surface area contributed by atoms with Gasteiger partial charge >= 0.3 is 11.9 Å². The number of carbonyl (C=O) groups excluding carboxylic acids is 2. The molecule has 0 aromatic rings. The van der Waals surface area contributed by atoms with Crippen molar-refractivity contribution in [1.29, 1.82) is 0 Å². The Bertz CT molecular complexity index is 809. The Kier molecular flexibility index (Phi) is 5.84. The molecule has 6 heteroatoms. The van der Waals surface area contributed by atoms with Crippen LogP contribution in [-0.2, 0) is 23.8 Å². The Balaban J connectivity index is 1.64. The number of epoxide rings is 1. The zero-order valence-electron chi connectivity index (χ0n) is 19.2. The van der Waals surface area contributed by atoms with Crippen molar-refractivity contribution < 1.29 is 28.9 Å². The summed E-state index contributed by atoms with van der Waals surface area (Å²) in [5, 5.41) is 11.5. The number of ether oxygens (including phenoxy) is 3. The van der Waals surface area contributed by atoms with Crippen molar-refractivity contribution in [3.05, 3.63) is 23.3 Å². The van der Waals surface area contributed by atoms with Crippen LogP contribution < -0.4 is 0 Å². The molecule has 0 radical (unpaired) electrons. The maximum atomic E-state index is 12.5. The third kappa shape index (κ3) is 3.56. The zero-order chi connectivity index (χ0) is 22.4. The first-order valence-electron chi connectivity index (χ1n) is 11.7. The molecule has 2 aliphatic heterocycles. The van der Waals surface area contributed by atoms with Crippen LogP contribution in [0.2, 0.25) is 0 Å². The van der Waals surface area contributed by atoms with E-state index in [1.165, 1.54) is 0 Å². The van der Waals surface area contributed by atoms with Crippen LogP contribution in [-0.4, -0.2) is 48.6 Å². The van der Waals surface area contributed by atoms with Gasteiger partial charge in [-0.25, -0.2) is 9.59 Å². The molecule has 0 aromatic heterocycles. The summed E-state index contributed by atoms with van der Waals surface area (Å²) >= 11 is 0. The second-order valence-corrected chi connectivity index (χ2v) is 10.4. The van der Waals surface area contributed by atoms with Crippen LogP contribution in [0.3, 0.4) is 0 Å². The van der Waals surface area contributed by atoms with Gasteiger partial charge in [-0.05, 0) is 68.8 Å². The number of esters is 2. The van der Waals surface area contributed by atoms with Crippen LogP contribution in [0.5, 0.6) is 0 Å². The molecule has 1 saturated heterocycles. The Morgan fingerprint density at radius 3 is 2.77 bits per heavy atom. The molecule has 1 N–H and O–H groups in total. The first-order chi connectivity index (χ1) is 14.7. The molecule has 6 atom stereocenters. The van der Waals surface area contributed by atoms with Gasteiger partial charge in [0.2, 0.25) is 0 Å². The SMILES string of the molecule is C/C=C(\C)C(=O)OCC12C(O)CC(C)C(C)(CCC3=CC(=O)OC3)C1CCCC21CO1. The van der Waals surface area contributed by atoms with Crippen molar-refractivity contribution in [3.63, 3.8) is 0 Å². The van der Waals surface area contributed by atoms with Gasteiger partial charge in [-0.3, -0.25) is 0 Å². The van der Waals surface area contributed by atoms with Crippen molar-refractivity contribution in [1.82, 2.24) is 0 Å². The standard InChI is InChI=1S/C25H36O6/c1-5-16(2)22(28)30-15-25-19(7-6-9-24(25)14-31-24)23(4,17(3)11-20(25)26)10-8-18-12-21(27)29-13-18/h5,12,17,19-20,26H,6-11,13-15H2,1-4H3/b16-5+. The Labute approximate surface area is 185 Å². The molecule has 4 rings (SSSR count). The zero-order valence-corrected chi connectivity index (χ0v) is 19.2. The lowest BCUT2D eigenvalue weighted by Gasteiger charge is -2.62. The Morgan fingerprint density at radius 1 is 1.42 bits per heavy atom. The van der Waals surface area contributed by atoms with Crippen LogP contribution in [0.4, 0.5) is 0 Å². The highest BCUT2D eigenvalue weighted by molar-refractivity contribution is 5.87. The minimum Gasteiger partial charge on any atom is -0.462 e. The smallest absolute Gasteiger partial charge is 0.333 e. The van der Waals surface area contributed by atoms with Crippen LogP contribution in [0.25, 0.3) is 0 Å². The number of allylic oxidation sites excluding steroid dienone is 1. The van der Waals surface area contributed by atoms with Crippen molar-refractivity contribution in [3.8, 4) is 0 Å². The molecule has 31 heavy (non-hydrogen) atoms. The van der Waals surface area contributed by atoms with Crippen molar-refractivity contribution in [2.45, 2.75) is 77.9 Å². The molecule has 0 bridgehead atoms. The predicted octanol–water partition coefficient (Wildman–Crippen LogP) is 3.72. The lowest BCUT2D eigenvalue weighted by Crippen LogP contribution is -2.66. The van der Waals surface area contributed by atoms with Crippen LogP contribution in [0.15, 0.2) is 23.3 Å². The van der Waals surface area contributed by atoms with Gasteiger partial charge in [0.1, 0.15) is 18.8 Å². The maximum absolute atomic E-state index is 12.5. The van der Waals surface area contributed by atoms with E-state index in [1.54, 1.807) is 19.1 Å². The van der Waals surface area contributed by atoms with Gasteiger partial charge < -0.3 is 19.3 Å². The average Bonchev–Trinajstić information content (AvgIpc) is 3.40. The first kappa shape index (κ1) is 22.5. The summed E-state index contributed by atoms with van der Waals surface area (Å²) < 4.78 is 17.0. The average molecular weight is 433 g/mol. The fourth-order valence-corrected chi connectivity index (χ4v) is 6.67. The number of cyclic esters (lactones) is 1. The first-order valence-corrected chi connectivity index (χ1v) is 11.7. The molecule has 0 aromatic carbocycles. The van der Waals surface area contributed by atoms with Crippen LogP contribution >= 0.6 is 0 Å². The summed E-state index contributed by atoms with van der Waals surface area (Å²) in [6, 6.07) is 0. The van der Waals surface area contributed by atoms with E-state index in [4.69, 9.17) is 14.2 Å². The minimum atomic E-state index is -0.591. The molecular formula is C25H36O6. The fourth-order valence-electron chi connectivity index (χ4n) is 6.67. The molecule has 2 saturated carbocycles. The summed E-state index contributed by atoms with van der Waals surface area (Å²) in [7, 11) is 0. The summed E-state index contributed by atoms with van der Waals surface area (Å²) in [6.07, 6.45) is 8.11. The lowest BCUT2D eigenvalue weighted by molar-refractivity contribution is -0.217. The van der Waals surface area contributed by atoms with E-state index in [1.807, 2.05) is 6.92 Å². The molecule has 3 fully saturated rings. The van der Waals surface area contributed by atoms with Gasteiger partial charge in [-0.15, -0.1) is 0 Å². The van der Waals surface area contributed by atoms with Crippen LogP contribution in [0, 0.1) is 22.7 Å². The third-order valence-electron chi connectivity index (χ3n) is 9.03. The number of fused-ring (bicyclic) bond motifs is 2. The molecule has 1 spiro atoms. The molecule has 2 aliphatic carbocycles. The van der Waals surface area contributed by atoms with Gasteiger partial charge in [0.05, 0.1) is 18.1 Å². The van der Waals surface area contributed by atoms with Gasteiger partial charge in [-0.2, -0.15) is 0 Å². The largest absolute Gasteiger partial charge is 0.462 e. The van der Waals surface area contributed by atoms with Gasteiger partial charge in [0.15, 0.2) is 0 Å².